The number of hydrogen-bond acceptors (Lipinski definition) is 5. The van der Waals surface area contributed by atoms with Gasteiger partial charge in [0, 0.05) is 25.9 Å². The van der Waals surface area contributed by atoms with Gasteiger partial charge in [0.05, 0.1) is 24.8 Å². The first kappa shape index (κ1) is 16.3. The first-order valence-corrected chi connectivity index (χ1v) is 6.45. The van der Waals surface area contributed by atoms with Crippen LogP contribution in [0.15, 0.2) is 24.3 Å². The highest BCUT2D eigenvalue weighted by atomic mass is 16.5. The van der Waals surface area contributed by atoms with E-state index in [4.69, 9.17) is 19.5 Å². The third-order valence-electron chi connectivity index (χ3n) is 2.58. The topological polar surface area (TPSA) is 68.6 Å². The van der Waals surface area contributed by atoms with Crippen LogP contribution in [0.2, 0.25) is 0 Å². The number of ketones is 1. The smallest absolute Gasteiger partial charge is 0.188 e. The number of carbonyl (C=O) groups is 1. The molecule has 1 aromatic rings. The summed E-state index contributed by atoms with van der Waals surface area (Å²) in [6.45, 7) is 2.27. The van der Waals surface area contributed by atoms with E-state index in [0.29, 0.717) is 37.6 Å². The van der Waals surface area contributed by atoms with Gasteiger partial charge in [-0.05, 0) is 18.6 Å². The minimum Gasteiger partial charge on any atom is -0.382 e. The number of Topliss-reactive ketones (excluding diaryl/α,β-unsaturated/α-hetero) is 1. The average molecular weight is 277 g/mol. The number of benzene rings is 1. The van der Waals surface area contributed by atoms with E-state index in [1.54, 1.807) is 31.4 Å². The van der Waals surface area contributed by atoms with Gasteiger partial charge in [-0.1, -0.05) is 12.1 Å². The highest BCUT2D eigenvalue weighted by Gasteiger charge is 2.05. The molecule has 0 aliphatic rings. The second kappa shape index (κ2) is 10.1. The SMILES string of the molecule is COCCOCCCOCC(=O)c1ccc(C#N)cc1. The van der Waals surface area contributed by atoms with Crippen LogP contribution in [-0.2, 0) is 14.2 Å². The molecule has 0 aromatic heterocycles. The second-order valence-electron chi connectivity index (χ2n) is 4.12. The van der Waals surface area contributed by atoms with Crippen molar-refractivity contribution in [1.29, 1.82) is 5.26 Å². The van der Waals surface area contributed by atoms with Gasteiger partial charge in [0.1, 0.15) is 6.61 Å². The molecule has 1 aromatic carbocycles. The molecular weight excluding hydrogens is 258 g/mol. The van der Waals surface area contributed by atoms with E-state index in [0.717, 1.165) is 6.42 Å². The van der Waals surface area contributed by atoms with Crippen LogP contribution in [0.3, 0.4) is 0 Å². The van der Waals surface area contributed by atoms with Gasteiger partial charge in [0.2, 0.25) is 0 Å². The van der Waals surface area contributed by atoms with Crippen molar-refractivity contribution in [3.63, 3.8) is 0 Å². The molecule has 0 bridgehead atoms. The summed E-state index contributed by atoms with van der Waals surface area (Å²) in [5.41, 5.74) is 1.09. The first-order chi connectivity index (χ1) is 9.77. The standard InChI is InChI=1S/C15H19NO4/c1-18-9-10-19-7-2-8-20-12-15(17)14-5-3-13(11-16)4-6-14/h3-6H,2,7-10,12H2,1H3. The molecule has 0 atom stereocenters. The number of ether oxygens (including phenoxy) is 3. The molecule has 20 heavy (non-hydrogen) atoms. The Morgan fingerprint density at radius 3 is 2.45 bits per heavy atom. The number of hydrogen-bond donors (Lipinski definition) is 0. The third kappa shape index (κ3) is 6.43. The Bertz CT molecular complexity index is 436. The fraction of sp³-hybridized carbons (Fsp3) is 0.467. The molecule has 1 rings (SSSR count). The Morgan fingerprint density at radius 1 is 1.10 bits per heavy atom. The molecule has 0 fully saturated rings. The lowest BCUT2D eigenvalue weighted by Crippen LogP contribution is -2.11. The highest BCUT2D eigenvalue weighted by molar-refractivity contribution is 5.97. The van der Waals surface area contributed by atoms with Crippen molar-refractivity contribution in [2.24, 2.45) is 0 Å². The lowest BCUT2D eigenvalue weighted by atomic mass is 10.1. The van der Waals surface area contributed by atoms with E-state index in [1.807, 2.05) is 6.07 Å². The zero-order chi connectivity index (χ0) is 14.6. The molecule has 0 amide bonds. The van der Waals surface area contributed by atoms with Crippen LogP contribution in [0.5, 0.6) is 0 Å². The summed E-state index contributed by atoms with van der Waals surface area (Å²) in [7, 11) is 1.63. The average Bonchev–Trinajstić information content (AvgIpc) is 2.50. The Balaban J connectivity index is 2.12. The summed E-state index contributed by atoms with van der Waals surface area (Å²) >= 11 is 0. The van der Waals surface area contributed by atoms with Crippen LogP contribution >= 0.6 is 0 Å². The minimum absolute atomic E-state index is 0.0456. The highest BCUT2D eigenvalue weighted by Crippen LogP contribution is 2.04. The second-order valence-corrected chi connectivity index (χ2v) is 4.12. The van der Waals surface area contributed by atoms with E-state index >= 15 is 0 Å². The Labute approximate surface area is 119 Å². The third-order valence-corrected chi connectivity index (χ3v) is 2.58. The normalized spacial score (nSPS) is 10.2. The van der Waals surface area contributed by atoms with Gasteiger partial charge in [0.25, 0.3) is 0 Å². The number of carbonyl (C=O) groups excluding carboxylic acids is 1. The lowest BCUT2D eigenvalue weighted by molar-refractivity contribution is 0.0488. The molecule has 0 saturated carbocycles. The molecule has 0 N–H and O–H groups in total. The van der Waals surface area contributed by atoms with Gasteiger partial charge in [-0.2, -0.15) is 5.26 Å². The maximum absolute atomic E-state index is 11.8. The predicted octanol–water partition coefficient (Wildman–Crippen LogP) is 1.81. The molecule has 0 heterocycles. The number of rotatable bonds is 10. The lowest BCUT2D eigenvalue weighted by Gasteiger charge is -2.05. The van der Waals surface area contributed by atoms with Gasteiger partial charge in [-0.25, -0.2) is 0 Å². The van der Waals surface area contributed by atoms with Crippen molar-refractivity contribution in [1.82, 2.24) is 0 Å². The van der Waals surface area contributed by atoms with E-state index in [-0.39, 0.29) is 12.4 Å². The summed E-state index contributed by atoms with van der Waals surface area (Å²) in [6.07, 6.45) is 0.740. The number of methoxy groups -OCH3 is 1. The zero-order valence-electron chi connectivity index (χ0n) is 11.6. The van der Waals surface area contributed by atoms with Crippen LogP contribution in [0, 0.1) is 11.3 Å². The van der Waals surface area contributed by atoms with Crippen LogP contribution in [0.25, 0.3) is 0 Å². The minimum atomic E-state index is -0.0882. The van der Waals surface area contributed by atoms with Crippen LogP contribution in [0.4, 0.5) is 0 Å². The quantitative estimate of drug-likeness (QED) is 0.482. The van der Waals surface area contributed by atoms with E-state index in [2.05, 4.69) is 0 Å². The van der Waals surface area contributed by atoms with Crippen LogP contribution < -0.4 is 0 Å². The molecule has 0 saturated heterocycles. The van der Waals surface area contributed by atoms with Crippen LogP contribution in [0.1, 0.15) is 22.3 Å². The molecule has 5 nitrogen and oxygen atoms in total. The van der Waals surface area contributed by atoms with Crippen molar-refractivity contribution < 1.29 is 19.0 Å². The summed E-state index contributed by atoms with van der Waals surface area (Å²) < 4.78 is 15.4. The van der Waals surface area contributed by atoms with Gasteiger partial charge in [0.15, 0.2) is 5.78 Å². The van der Waals surface area contributed by atoms with E-state index < -0.39 is 0 Å². The molecule has 0 radical (unpaired) electrons. The van der Waals surface area contributed by atoms with E-state index in [1.165, 1.54) is 0 Å². The van der Waals surface area contributed by atoms with Gasteiger partial charge < -0.3 is 14.2 Å². The first-order valence-electron chi connectivity index (χ1n) is 6.45. The Hall–Kier alpha value is -1.74. The van der Waals surface area contributed by atoms with Gasteiger partial charge in [-0.15, -0.1) is 0 Å². The summed E-state index contributed by atoms with van der Waals surface area (Å²) in [4.78, 5) is 11.8. The molecule has 108 valence electrons. The zero-order valence-corrected chi connectivity index (χ0v) is 11.6. The number of nitrogens with zero attached hydrogens (tertiary/aromatic N) is 1. The molecular formula is C15H19NO4. The van der Waals surface area contributed by atoms with Gasteiger partial charge in [-0.3, -0.25) is 4.79 Å². The molecule has 0 aliphatic heterocycles. The maximum atomic E-state index is 11.8. The Morgan fingerprint density at radius 2 is 1.80 bits per heavy atom. The fourth-order valence-corrected chi connectivity index (χ4v) is 1.49. The monoisotopic (exact) mass is 277 g/mol. The predicted molar refractivity (Wildman–Crippen MR) is 73.6 cm³/mol. The van der Waals surface area contributed by atoms with E-state index in [9.17, 15) is 4.79 Å². The fourth-order valence-electron chi connectivity index (χ4n) is 1.49. The van der Waals surface area contributed by atoms with Crippen molar-refractivity contribution in [3.05, 3.63) is 35.4 Å². The van der Waals surface area contributed by atoms with Crippen molar-refractivity contribution in [3.8, 4) is 6.07 Å². The molecule has 0 aliphatic carbocycles. The molecule has 5 heteroatoms. The Kier molecular flexibility index (Phi) is 8.24. The summed E-state index contributed by atoms with van der Waals surface area (Å²) in [6, 6.07) is 8.53. The molecule has 0 unspecified atom stereocenters. The van der Waals surface area contributed by atoms with Crippen molar-refractivity contribution in [2.75, 3.05) is 40.1 Å². The van der Waals surface area contributed by atoms with Gasteiger partial charge >= 0.3 is 0 Å². The maximum Gasteiger partial charge on any atom is 0.188 e. The van der Waals surface area contributed by atoms with Crippen molar-refractivity contribution in [2.45, 2.75) is 6.42 Å². The molecule has 0 spiro atoms. The summed E-state index contributed by atoms with van der Waals surface area (Å²) in [5.74, 6) is -0.0882. The van der Waals surface area contributed by atoms with Crippen molar-refractivity contribution >= 4 is 5.78 Å². The van der Waals surface area contributed by atoms with Crippen LogP contribution in [-0.4, -0.2) is 45.9 Å². The summed E-state index contributed by atoms with van der Waals surface area (Å²) in [5, 5.41) is 8.67. The largest absolute Gasteiger partial charge is 0.382 e. The number of nitriles is 1.